The molecule has 0 saturated heterocycles. The van der Waals surface area contributed by atoms with Crippen LogP contribution in [0.2, 0.25) is 0 Å². The van der Waals surface area contributed by atoms with Gasteiger partial charge in [0, 0.05) is 23.6 Å². The van der Waals surface area contributed by atoms with E-state index in [1.54, 1.807) is 30.5 Å². The number of benzene rings is 1. The van der Waals surface area contributed by atoms with Crippen molar-refractivity contribution in [2.45, 2.75) is 20.3 Å². The number of fused-ring (bicyclic) bond motifs is 1. The number of nitrogens with zero attached hydrogens (tertiary/aromatic N) is 1. The molecule has 2 aromatic rings. The molecule has 0 aliphatic rings. The number of phenols is 1. The van der Waals surface area contributed by atoms with Crippen molar-refractivity contribution in [3.63, 3.8) is 0 Å². The normalized spacial score (nSPS) is 11.0. The van der Waals surface area contributed by atoms with Crippen molar-refractivity contribution in [2.24, 2.45) is 5.92 Å². The predicted molar refractivity (Wildman–Crippen MR) is 67.2 cm³/mol. The van der Waals surface area contributed by atoms with Crippen molar-refractivity contribution < 1.29 is 9.90 Å². The lowest BCUT2D eigenvalue weighted by atomic mass is 9.98. The Kier molecular flexibility index (Phi) is 3.09. The van der Waals surface area contributed by atoms with Crippen LogP contribution in [0.25, 0.3) is 10.9 Å². The molecule has 1 aromatic heterocycles. The SMILES string of the molecule is CC(C)CC(=O)c1ccc(O)c2cccnc12. The Bertz CT molecular complexity index is 561. The van der Waals surface area contributed by atoms with Gasteiger partial charge in [-0.3, -0.25) is 9.78 Å². The van der Waals surface area contributed by atoms with Crippen molar-refractivity contribution in [1.82, 2.24) is 4.98 Å². The second-order valence-electron chi connectivity index (χ2n) is 4.55. The lowest BCUT2D eigenvalue weighted by Crippen LogP contribution is -2.04. The number of ketones is 1. The Morgan fingerprint density at radius 1 is 1.35 bits per heavy atom. The number of hydrogen-bond donors (Lipinski definition) is 1. The lowest BCUT2D eigenvalue weighted by molar-refractivity contribution is 0.0969. The van der Waals surface area contributed by atoms with Crippen LogP contribution in [-0.4, -0.2) is 15.9 Å². The summed E-state index contributed by atoms with van der Waals surface area (Å²) in [5.41, 5.74) is 1.17. The van der Waals surface area contributed by atoms with Gasteiger partial charge in [0.2, 0.25) is 0 Å². The fourth-order valence-corrected chi connectivity index (χ4v) is 1.86. The van der Waals surface area contributed by atoms with Crippen molar-refractivity contribution >= 4 is 16.7 Å². The van der Waals surface area contributed by atoms with E-state index in [4.69, 9.17) is 0 Å². The number of phenolic OH excluding ortho intramolecular Hbond substituents is 1. The van der Waals surface area contributed by atoms with E-state index < -0.39 is 0 Å². The Hall–Kier alpha value is -1.90. The third-order valence-electron chi connectivity index (χ3n) is 2.64. The summed E-state index contributed by atoms with van der Waals surface area (Å²) in [6.07, 6.45) is 2.13. The molecule has 0 bridgehead atoms. The number of aromatic hydroxyl groups is 1. The van der Waals surface area contributed by atoms with E-state index >= 15 is 0 Å². The van der Waals surface area contributed by atoms with E-state index in [0.29, 0.717) is 28.8 Å². The van der Waals surface area contributed by atoms with Crippen LogP contribution in [-0.2, 0) is 0 Å². The quantitative estimate of drug-likeness (QED) is 0.822. The van der Waals surface area contributed by atoms with Gasteiger partial charge in [-0.1, -0.05) is 13.8 Å². The summed E-state index contributed by atoms with van der Waals surface area (Å²) in [7, 11) is 0. The summed E-state index contributed by atoms with van der Waals surface area (Å²) in [6.45, 7) is 4.02. The minimum absolute atomic E-state index is 0.0729. The molecule has 17 heavy (non-hydrogen) atoms. The Balaban J connectivity index is 2.55. The predicted octanol–water partition coefficient (Wildman–Crippen LogP) is 3.17. The first-order chi connectivity index (χ1) is 8.09. The first-order valence-electron chi connectivity index (χ1n) is 5.69. The number of rotatable bonds is 3. The Morgan fingerprint density at radius 2 is 2.12 bits per heavy atom. The van der Waals surface area contributed by atoms with Gasteiger partial charge in [0.05, 0.1) is 5.52 Å². The fourth-order valence-electron chi connectivity index (χ4n) is 1.86. The van der Waals surface area contributed by atoms with Crippen LogP contribution in [0.4, 0.5) is 0 Å². The average molecular weight is 229 g/mol. The summed E-state index contributed by atoms with van der Waals surface area (Å²) in [4.78, 5) is 16.2. The van der Waals surface area contributed by atoms with Crippen molar-refractivity contribution in [1.29, 1.82) is 0 Å². The van der Waals surface area contributed by atoms with E-state index in [1.807, 2.05) is 13.8 Å². The minimum atomic E-state index is 0.0729. The zero-order valence-electron chi connectivity index (χ0n) is 9.97. The van der Waals surface area contributed by atoms with Gasteiger partial charge in [-0.15, -0.1) is 0 Å². The Labute approximate surface area is 100 Å². The molecule has 1 N–H and O–H groups in total. The molecule has 0 aliphatic carbocycles. The van der Waals surface area contributed by atoms with E-state index in [2.05, 4.69) is 4.98 Å². The van der Waals surface area contributed by atoms with Gasteiger partial charge in [0.15, 0.2) is 5.78 Å². The van der Waals surface area contributed by atoms with E-state index in [-0.39, 0.29) is 11.5 Å². The van der Waals surface area contributed by atoms with Crippen molar-refractivity contribution in [2.75, 3.05) is 0 Å². The third-order valence-corrected chi connectivity index (χ3v) is 2.64. The van der Waals surface area contributed by atoms with Crippen LogP contribution in [0, 0.1) is 5.92 Å². The molecule has 0 spiro atoms. The van der Waals surface area contributed by atoms with Gasteiger partial charge < -0.3 is 5.11 Å². The fraction of sp³-hybridized carbons (Fsp3) is 0.286. The van der Waals surface area contributed by atoms with Crippen LogP contribution < -0.4 is 0 Å². The lowest BCUT2D eigenvalue weighted by Gasteiger charge is -2.07. The van der Waals surface area contributed by atoms with Crippen LogP contribution >= 0.6 is 0 Å². The molecule has 0 aliphatic heterocycles. The first-order valence-corrected chi connectivity index (χ1v) is 5.69. The number of carbonyl (C=O) groups is 1. The highest BCUT2D eigenvalue weighted by molar-refractivity contribution is 6.07. The molecule has 3 nitrogen and oxygen atoms in total. The summed E-state index contributed by atoms with van der Waals surface area (Å²) >= 11 is 0. The van der Waals surface area contributed by atoms with Gasteiger partial charge in [-0.2, -0.15) is 0 Å². The summed E-state index contributed by atoms with van der Waals surface area (Å²) in [5.74, 6) is 0.549. The maximum Gasteiger partial charge on any atom is 0.165 e. The van der Waals surface area contributed by atoms with Crippen LogP contribution in [0.5, 0.6) is 5.75 Å². The largest absolute Gasteiger partial charge is 0.507 e. The monoisotopic (exact) mass is 229 g/mol. The zero-order valence-corrected chi connectivity index (χ0v) is 9.97. The average Bonchev–Trinajstić information content (AvgIpc) is 2.29. The van der Waals surface area contributed by atoms with Gasteiger partial charge in [-0.05, 0) is 30.2 Å². The molecule has 88 valence electrons. The van der Waals surface area contributed by atoms with Gasteiger partial charge in [-0.25, -0.2) is 0 Å². The van der Waals surface area contributed by atoms with E-state index in [1.165, 1.54) is 0 Å². The third kappa shape index (κ3) is 2.28. The number of hydrogen-bond acceptors (Lipinski definition) is 3. The molecule has 0 saturated carbocycles. The molecule has 0 radical (unpaired) electrons. The first kappa shape index (κ1) is 11.6. The van der Waals surface area contributed by atoms with E-state index in [9.17, 15) is 9.90 Å². The molecule has 0 amide bonds. The summed E-state index contributed by atoms with van der Waals surface area (Å²) in [5, 5.41) is 10.3. The van der Waals surface area contributed by atoms with Crippen molar-refractivity contribution in [3.8, 4) is 5.75 Å². The smallest absolute Gasteiger partial charge is 0.165 e. The molecule has 1 heterocycles. The Morgan fingerprint density at radius 3 is 2.82 bits per heavy atom. The molecule has 1 aromatic carbocycles. The minimum Gasteiger partial charge on any atom is -0.507 e. The molecule has 0 unspecified atom stereocenters. The molecular formula is C14H15NO2. The van der Waals surface area contributed by atoms with Gasteiger partial charge in [0.1, 0.15) is 5.75 Å². The molecule has 0 fully saturated rings. The maximum absolute atomic E-state index is 12.1. The summed E-state index contributed by atoms with van der Waals surface area (Å²) in [6, 6.07) is 6.72. The highest BCUT2D eigenvalue weighted by Gasteiger charge is 2.14. The van der Waals surface area contributed by atoms with Gasteiger partial charge in [0.25, 0.3) is 0 Å². The van der Waals surface area contributed by atoms with Crippen LogP contribution in [0.3, 0.4) is 0 Å². The highest BCUT2D eigenvalue weighted by atomic mass is 16.3. The standard InChI is InChI=1S/C14H15NO2/c1-9(2)8-13(17)11-5-6-12(16)10-4-3-7-15-14(10)11/h3-7,9,16H,8H2,1-2H3. The molecular weight excluding hydrogens is 214 g/mol. The van der Waals surface area contributed by atoms with Crippen LogP contribution in [0.1, 0.15) is 30.6 Å². The topological polar surface area (TPSA) is 50.2 Å². The highest BCUT2D eigenvalue weighted by Crippen LogP contribution is 2.26. The summed E-state index contributed by atoms with van der Waals surface area (Å²) < 4.78 is 0. The molecule has 2 rings (SSSR count). The van der Waals surface area contributed by atoms with E-state index in [0.717, 1.165) is 0 Å². The number of pyridine rings is 1. The van der Waals surface area contributed by atoms with Gasteiger partial charge >= 0.3 is 0 Å². The second kappa shape index (κ2) is 4.53. The molecule has 0 atom stereocenters. The number of carbonyl (C=O) groups excluding carboxylic acids is 1. The number of Topliss-reactive ketones (excluding diaryl/α,β-unsaturated/α-hetero) is 1. The van der Waals surface area contributed by atoms with Crippen LogP contribution in [0.15, 0.2) is 30.5 Å². The van der Waals surface area contributed by atoms with Crippen molar-refractivity contribution in [3.05, 3.63) is 36.0 Å². The zero-order chi connectivity index (χ0) is 12.4. The second-order valence-corrected chi connectivity index (χ2v) is 4.55. The number of aromatic nitrogens is 1. The maximum atomic E-state index is 12.1. The molecule has 3 heteroatoms.